The van der Waals surface area contributed by atoms with Gasteiger partial charge in [0, 0.05) is 12.2 Å². The van der Waals surface area contributed by atoms with E-state index in [1.807, 2.05) is 61.7 Å². The molecule has 1 unspecified atom stereocenters. The molecular weight excluding hydrogens is 396 g/mol. The van der Waals surface area contributed by atoms with E-state index in [1.54, 1.807) is 0 Å². The molecule has 0 radical (unpaired) electrons. The van der Waals surface area contributed by atoms with Gasteiger partial charge in [-0.25, -0.2) is 0 Å². The van der Waals surface area contributed by atoms with E-state index in [0.29, 0.717) is 11.7 Å². The van der Waals surface area contributed by atoms with Crippen LogP contribution in [0.3, 0.4) is 0 Å². The monoisotopic (exact) mass is 424 g/mol. The summed E-state index contributed by atoms with van der Waals surface area (Å²) in [5, 5.41) is 12.3. The minimum absolute atomic E-state index is 0.0718. The second kappa shape index (κ2) is 9.80. The number of ether oxygens (including phenoxy) is 1. The number of aromatic nitrogens is 3. The fourth-order valence-corrected chi connectivity index (χ4v) is 3.96. The maximum Gasteiger partial charge on any atom is 0.234 e. The highest BCUT2D eigenvalue weighted by Gasteiger charge is 2.20. The lowest BCUT2D eigenvalue weighted by Crippen LogP contribution is -2.15. The van der Waals surface area contributed by atoms with Gasteiger partial charge in [0.05, 0.1) is 5.75 Å². The number of aryl methyl sites for hydroxylation is 2. The zero-order valence-corrected chi connectivity index (χ0v) is 18.9. The Morgan fingerprint density at radius 2 is 1.93 bits per heavy atom. The van der Waals surface area contributed by atoms with E-state index in [1.165, 1.54) is 17.3 Å². The summed E-state index contributed by atoms with van der Waals surface area (Å²) in [6.45, 7) is 10.8. The maximum atomic E-state index is 12.3. The summed E-state index contributed by atoms with van der Waals surface area (Å²) in [4.78, 5) is 12.3. The molecule has 0 aliphatic heterocycles. The van der Waals surface area contributed by atoms with Gasteiger partial charge in [-0.3, -0.25) is 4.79 Å². The van der Waals surface area contributed by atoms with E-state index in [0.717, 1.165) is 28.4 Å². The lowest BCUT2D eigenvalue weighted by molar-refractivity contribution is -0.113. The quantitative estimate of drug-likeness (QED) is 0.510. The molecule has 3 rings (SSSR count). The van der Waals surface area contributed by atoms with E-state index in [9.17, 15) is 4.79 Å². The molecule has 6 nitrogen and oxygen atoms in total. The van der Waals surface area contributed by atoms with Gasteiger partial charge in [-0.1, -0.05) is 36.0 Å². The Balaban J connectivity index is 1.66. The highest BCUT2D eigenvalue weighted by Crippen LogP contribution is 2.28. The van der Waals surface area contributed by atoms with Crippen LogP contribution < -0.4 is 10.1 Å². The van der Waals surface area contributed by atoms with E-state index >= 15 is 0 Å². The third kappa shape index (κ3) is 5.21. The van der Waals surface area contributed by atoms with E-state index < -0.39 is 0 Å². The third-order valence-corrected chi connectivity index (χ3v) is 5.88. The van der Waals surface area contributed by atoms with Crippen molar-refractivity contribution in [2.24, 2.45) is 0 Å². The molecule has 0 saturated heterocycles. The lowest BCUT2D eigenvalue weighted by atomic mass is 10.1. The van der Waals surface area contributed by atoms with E-state index in [-0.39, 0.29) is 17.8 Å². The predicted molar refractivity (Wildman–Crippen MR) is 121 cm³/mol. The molecule has 7 heteroatoms. The normalized spacial score (nSPS) is 11.9. The minimum atomic E-state index is -0.256. The smallest absolute Gasteiger partial charge is 0.234 e. The first-order valence-electron chi connectivity index (χ1n) is 10.0. The summed E-state index contributed by atoms with van der Waals surface area (Å²) >= 11 is 1.38. The number of hydrogen-bond donors (Lipinski definition) is 1. The van der Waals surface area contributed by atoms with Crippen LogP contribution in [-0.4, -0.2) is 26.4 Å². The summed E-state index contributed by atoms with van der Waals surface area (Å²) in [6.07, 6.45) is -0.256. The van der Waals surface area contributed by atoms with Crippen molar-refractivity contribution >= 4 is 23.4 Å². The molecule has 0 saturated carbocycles. The number of amides is 1. The standard InChI is InChI=1S/C23H28N4O2S/c1-6-27-22(18(5)29-20-12-8-10-16(3)17(20)4)25-26-23(27)30-14-21(28)24-19-11-7-9-15(2)13-19/h7-13,18H,6,14H2,1-5H3,(H,24,28). The molecule has 1 atom stereocenters. The van der Waals surface area contributed by atoms with Crippen molar-refractivity contribution in [1.29, 1.82) is 0 Å². The summed E-state index contributed by atoms with van der Waals surface area (Å²) in [6, 6.07) is 13.8. The van der Waals surface area contributed by atoms with Crippen molar-refractivity contribution < 1.29 is 9.53 Å². The number of benzene rings is 2. The predicted octanol–water partition coefficient (Wildman–Crippen LogP) is 5.09. The van der Waals surface area contributed by atoms with Crippen molar-refractivity contribution in [1.82, 2.24) is 14.8 Å². The molecule has 30 heavy (non-hydrogen) atoms. The minimum Gasteiger partial charge on any atom is -0.482 e. The zero-order chi connectivity index (χ0) is 21.7. The highest BCUT2D eigenvalue weighted by molar-refractivity contribution is 7.99. The van der Waals surface area contributed by atoms with Crippen LogP contribution in [0.15, 0.2) is 47.6 Å². The molecule has 0 aliphatic carbocycles. The van der Waals surface area contributed by atoms with Crippen molar-refractivity contribution in [3.8, 4) is 5.75 Å². The lowest BCUT2D eigenvalue weighted by Gasteiger charge is -2.17. The fraction of sp³-hybridized carbons (Fsp3) is 0.348. The molecule has 1 aromatic heterocycles. The molecule has 2 aromatic carbocycles. The van der Waals surface area contributed by atoms with Crippen molar-refractivity contribution in [3.63, 3.8) is 0 Å². The van der Waals surface area contributed by atoms with Crippen LogP contribution in [0.25, 0.3) is 0 Å². The molecule has 3 aromatic rings. The number of carbonyl (C=O) groups is 1. The average molecular weight is 425 g/mol. The van der Waals surface area contributed by atoms with Crippen molar-refractivity contribution in [3.05, 3.63) is 65.0 Å². The van der Waals surface area contributed by atoms with Crippen molar-refractivity contribution in [2.75, 3.05) is 11.1 Å². The molecule has 1 heterocycles. The van der Waals surface area contributed by atoms with Gasteiger partial charge in [0.15, 0.2) is 17.1 Å². The number of anilines is 1. The highest BCUT2D eigenvalue weighted by atomic mass is 32.2. The molecule has 158 valence electrons. The van der Waals surface area contributed by atoms with Gasteiger partial charge in [0.2, 0.25) is 5.91 Å². The van der Waals surface area contributed by atoms with Crippen LogP contribution in [0.5, 0.6) is 5.75 Å². The van der Waals surface area contributed by atoms with Gasteiger partial charge in [-0.15, -0.1) is 10.2 Å². The number of hydrogen-bond acceptors (Lipinski definition) is 5. The van der Waals surface area contributed by atoms with Gasteiger partial charge in [-0.05, 0) is 69.5 Å². The van der Waals surface area contributed by atoms with Crippen LogP contribution in [0.2, 0.25) is 0 Å². The topological polar surface area (TPSA) is 69.0 Å². The van der Waals surface area contributed by atoms with Gasteiger partial charge >= 0.3 is 0 Å². The number of carbonyl (C=O) groups excluding carboxylic acids is 1. The SMILES string of the molecule is CCn1c(SCC(=O)Nc2cccc(C)c2)nnc1C(C)Oc1cccc(C)c1C. The Labute approximate surface area is 182 Å². The van der Waals surface area contributed by atoms with Gasteiger partial charge in [0.1, 0.15) is 5.75 Å². The van der Waals surface area contributed by atoms with Crippen LogP contribution in [-0.2, 0) is 11.3 Å². The Hall–Kier alpha value is -2.80. The van der Waals surface area contributed by atoms with Crippen molar-refractivity contribution in [2.45, 2.75) is 52.4 Å². The maximum absolute atomic E-state index is 12.3. The second-order valence-electron chi connectivity index (χ2n) is 7.25. The fourth-order valence-electron chi connectivity index (χ4n) is 3.15. The summed E-state index contributed by atoms with van der Waals surface area (Å²) in [5.74, 6) is 1.79. The van der Waals surface area contributed by atoms with Gasteiger partial charge < -0.3 is 14.6 Å². The second-order valence-corrected chi connectivity index (χ2v) is 8.19. The molecule has 1 N–H and O–H groups in total. The number of thioether (sulfide) groups is 1. The van der Waals surface area contributed by atoms with Gasteiger partial charge in [-0.2, -0.15) is 0 Å². The Bertz CT molecular complexity index is 1030. The largest absolute Gasteiger partial charge is 0.482 e. The Morgan fingerprint density at radius 1 is 1.17 bits per heavy atom. The van der Waals surface area contributed by atoms with E-state index in [2.05, 4.69) is 35.4 Å². The molecule has 0 aliphatic rings. The number of rotatable bonds is 8. The van der Waals surface area contributed by atoms with Crippen LogP contribution in [0.4, 0.5) is 5.69 Å². The molecule has 0 bridgehead atoms. The first-order chi connectivity index (χ1) is 14.4. The third-order valence-electron chi connectivity index (χ3n) is 4.92. The molecule has 0 spiro atoms. The zero-order valence-electron chi connectivity index (χ0n) is 18.1. The van der Waals surface area contributed by atoms with Crippen LogP contribution >= 0.6 is 11.8 Å². The Morgan fingerprint density at radius 3 is 2.67 bits per heavy atom. The Kier molecular flexibility index (Phi) is 7.15. The summed E-state index contributed by atoms with van der Waals surface area (Å²) in [5.41, 5.74) is 4.21. The first kappa shape index (κ1) is 21.9. The van der Waals surface area contributed by atoms with Crippen LogP contribution in [0, 0.1) is 20.8 Å². The first-order valence-corrected chi connectivity index (χ1v) is 11.0. The van der Waals surface area contributed by atoms with Gasteiger partial charge in [0.25, 0.3) is 0 Å². The van der Waals surface area contributed by atoms with E-state index in [4.69, 9.17) is 4.74 Å². The van der Waals surface area contributed by atoms with Crippen LogP contribution in [0.1, 0.15) is 42.5 Å². The molecular formula is C23H28N4O2S. The number of nitrogens with zero attached hydrogens (tertiary/aromatic N) is 3. The average Bonchev–Trinajstić information content (AvgIpc) is 3.13. The molecule has 1 amide bonds. The molecule has 0 fully saturated rings. The summed E-state index contributed by atoms with van der Waals surface area (Å²) < 4.78 is 8.17. The number of nitrogens with one attached hydrogen (secondary N) is 1. The summed E-state index contributed by atoms with van der Waals surface area (Å²) in [7, 11) is 0.